The molecule has 1 rings (SSSR count). The average Bonchev–Trinajstić information content (AvgIpc) is 2.28. The molecule has 5 nitrogen and oxygen atoms in total. The molecule has 6 N–H and O–H groups in total. The fraction of sp³-hybridized carbons (Fsp3) is 0.333. The van der Waals surface area contributed by atoms with Crippen molar-refractivity contribution in [2.45, 2.75) is 26.7 Å². The molecule has 0 spiro atoms. The van der Waals surface area contributed by atoms with Gasteiger partial charge in [0.1, 0.15) is 0 Å². The maximum absolute atomic E-state index is 6.15. The second-order valence-electron chi connectivity index (χ2n) is 3.75. The van der Waals surface area contributed by atoms with Crippen LogP contribution in [0.1, 0.15) is 25.0 Å². The summed E-state index contributed by atoms with van der Waals surface area (Å²) in [5.74, 6) is -0.0870. The zero-order chi connectivity index (χ0) is 13.7. The van der Waals surface area contributed by atoms with Gasteiger partial charge in [-0.05, 0) is 30.0 Å². The zero-order valence-electron chi connectivity index (χ0n) is 10.6. The molecule has 0 saturated carbocycles. The van der Waals surface area contributed by atoms with Crippen LogP contribution in [0, 0.1) is 0 Å². The van der Waals surface area contributed by atoms with Crippen LogP contribution in [-0.2, 0) is 12.8 Å². The van der Waals surface area contributed by atoms with Crippen LogP contribution in [0.3, 0.4) is 0 Å². The monoisotopic (exact) mass is 267 g/mol. The van der Waals surface area contributed by atoms with Gasteiger partial charge in [0, 0.05) is 5.02 Å². The van der Waals surface area contributed by atoms with E-state index in [1.165, 1.54) is 0 Å². The third kappa shape index (κ3) is 3.37. The first-order valence-corrected chi connectivity index (χ1v) is 6.11. The first-order valence-electron chi connectivity index (χ1n) is 5.73. The molecule has 6 heteroatoms. The van der Waals surface area contributed by atoms with Crippen molar-refractivity contribution in [3.63, 3.8) is 0 Å². The van der Waals surface area contributed by atoms with Crippen LogP contribution in [0.4, 0.5) is 5.69 Å². The molecule has 1 aromatic carbocycles. The number of aliphatic imine (C=N–C) groups is 2. The van der Waals surface area contributed by atoms with Crippen LogP contribution in [0.2, 0.25) is 5.02 Å². The van der Waals surface area contributed by atoms with Crippen LogP contribution in [0.25, 0.3) is 0 Å². The maximum atomic E-state index is 6.15. The van der Waals surface area contributed by atoms with E-state index in [2.05, 4.69) is 9.98 Å². The molecule has 0 aliphatic carbocycles. The SMILES string of the molecule is CCc1ccc(Cl)c(CC)c1N=C(N)N=C(N)N. The third-order valence-electron chi connectivity index (χ3n) is 2.51. The smallest absolute Gasteiger partial charge is 0.223 e. The summed E-state index contributed by atoms with van der Waals surface area (Å²) in [6, 6.07) is 3.80. The Bertz CT molecular complexity index is 489. The molecule has 1 aromatic rings. The highest BCUT2D eigenvalue weighted by atomic mass is 35.5. The first-order chi connectivity index (χ1) is 8.49. The van der Waals surface area contributed by atoms with E-state index in [0.717, 1.165) is 29.7 Å². The van der Waals surface area contributed by atoms with E-state index in [1.807, 2.05) is 26.0 Å². The summed E-state index contributed by atoms with van der Waals surface area (Å²) in [5, 5.41) is 0.672. The molecule has 0 fully saturated rings. The Hall–Kier alpha value is -1.75. The van der Waals surface area contributed by atoms with E-state index in [4.69, 9.17) is 28.8 Å². The van der Waals surface area contributed by atoms with E-state index in [9.17, 15) is 0 Å². The number of guanidine groups is 2. The lowest BCUT2D eigenvalue weighted by atomic mass is 10.0. The molecule has 0 aliphatic rings. The summed E-state index contributed by atoms with van der Waals surface area (Å²) >= 11 is 6.15. The normalized spacial score (nSPS) is 11.4. The predicted molar refractivity (Wildman–Crippen MR) is 77.3 cm³/mol. The molecule has 0 heterocycles. The summed E-state index contributed by atoms with van der Waals surface area (Å²) in [5.41, 5.74) is 18.9. The first kappa shape index (κ1) is 14.3. The molecule has 0 amide bonds. The van der Waals surface area contributed by atoms with Gasteiger partial charge in [-0.2, -0.15) is 4.99 Å². The van der Waals surface area contributed by atoms with Gasteiger partial charge in [-0.15, -0.1) is 0 Å². The summed E-state index contributed by atoms with van der Waals surface area (Å²) < 4.78 is 0. The highest BCUT2D eigenvalue weighted by Gasteiger charge is 2.10. The van der Waals surface area contributed by atoms with Gasteiger partial charge in [0.2, 0.25) is 5.96 Å². The molecule has 0 bridgehead atoms. The van der Waals surface area contributed by atoms with E-state index in [1.54, 1.807) is 0 Å². The highest BCUT2D eigenvalue weighted by Crippen LogP contribution is 2.31. The minimum atomic E-state index is -0.116. The fourth-order valence-corrected chi connectivity index (χ4v) is 1.98. The average molecular weight is 268 g/mol. The molecular weight excluding hydrogens is 250 g/mol. The Labute approximate surface area is 112 Å². The van der Waals surface area contributed by atoms with Crippen LogP contribution in [0.5, 0.6) is 0 Å². The molecule has 0 radical (unpaired) electrons. The van der Waals surface area contributed by atoms with Crippen molar-refractivity contribution in [3.05, 3.63) is 28.3 Å². The Morgan fingerprint density at radius 2 is 1.83 bits per heavy atom. The van der Waals surface area contributed by atoms with Gasteiger partial charge in [-0.1, -0.05) is 31.5 Å². The number of nitrogens with zero attached hydrogens (tertiary/aromatic N) is 2. The minimum Gasteiger partial charge on any atom is -0.370 e. The van der Waals surface area contributed by atoms with E-state index < -0.39 is 0 Å². The molecule has 18 heavy (non-hydrogen) atoms. The molecule has 98 valence electrons. The Morgan fingerprint density at radius 3 is 2.33 bits per heavy atom. The van der Waals surface area contributed by atoms with Crippen LogP contribution in [-0.4, -0.2) is 11.9 Å². The molecule has 0 unspecified atom stereocenters. The van der Waals surface area contributed by atoms with Crippen molar-refractivity contribution in [1.29, 1.82) is 0 Å². The number of rotatable bonds is 3. The quantitative estimate of drug-likeness (QED) is 0.573. The van der Waals surface area contributed by atoms with Crippen molar-refractivity contribution in [1.82, 2.24) is 0 Å². The van der Waals surface area contributed by atoms with Gasteiger partial charge >= 0.3 is 0 Å². The zero-order valence-corrected chi connectivity index (χ0v) is 11.3. The minimum absolute atomic E-state index is 0.0293. The van der Waals surface area contributed by atoms with E-state index >= 15 is 0 Å². The Morgan fingerprint density at radius 1 is 1.17 bits per heavy atom. The standard InChI is InChI=1S/C12H18ClN5/c1-3-7-5-6-9(13)8(4-2)10(7)17-12(16)18-11(14)15/h5-6H,3-4H2,1-2H3,(H6,14,15,16,17,18). The summed E-state index contributed by atoms with van der Waals surface area (Å²) in [7, 11) is 0. The second-order valence-corrected chi connectivity index (χ2v) is 4.15. The summed E-state index contributed by atoms with van der Waals surface area (Å²) in [4.78, 5) is 7.97. The number of aryl methyl sites for hydroxylation is 1. The third-order valence-corrected chi connectivity index (χ3v) is 2.87. The topological polar surface area (TPSA) is 103 Å². The van der Waals surface area contributed by atoms with Crippen molar-refractivity contribution >= 4 is 29.2 Å². The van der Waals surface area contributed by atoms with Crippen molar-refractivity contribution < 1.29 is 0 Å². The fourth-order valence-electron chi connectivity index (χ4n) is 1.69. The number of benzene rings is 1. The van der Waals surface area contributed by atoms with Crippen LogP contribution in [0.15, 0.2) is 22.1 Å². The van der Waals surface area contributed by atoms with Gasteiger partial charge in [0.05, 0.1) is 5.69 Å². The summed E-state index contributed by atoms with van der Waals surface area (Å²) in [6.07, 6.45) is 1.60. The lowest BCUT2D eigenvalue weighted by Crippen LogP contribution is -2.26. The van der Waals surface area contributed by atoms with Gasteiger partial charge in [0.25, 0.3) is 0 Å². The Kier molecular flexibility index (Phi) is 4.97. The number of hydrogen-bond acceptors (Lipinski definition) is 1. The molecule has 0 saturated heterocycles. The predicted octanol–water partition coefficient (Wildman–Crippen LogP) is 1.68. The van der Waals surface area contributed by atoms with E-state index in [0.29, 0.717) is 5.02 Å². The van der Waals surface area contributed by atoms with Crippen molar-refractivity contribution in [2.75, 3.05) is 0 Å². The van der Waals surface area contributed by atoms with E-state index in [-0.39, 0.29) is 11.9 Å². The highest BCUT2D eigenvalue weighted by molar-refractivity contribution is 6.31. The number of halogens is 1. The number of hydrogen-bond donors (Lipinski definition) is 3. The number of nitrogens with two attached hydrogens (primary N) is 3. The lowest BCUT2D eigenvalue weighted by Gasteiger charge is -2.10. The molecule has 0 aromatic heterocycles. The van der Waals surface area contributed by atoms with Gasteiger partial charge in [0.15, 0.2) is 5.96 Å². The van der Waals surface area contributed by atoms with Crippen molar-refractivity contribution in [3.8, 4) is 0 Å². The largest absolute Gasteiger partial charge is 0.370 e. The van der Waals surface area contributed by atoms with Crippen LogP contribution >= 0.6 is 11.6 Å². The summed E-state index contributed by atoms with van der Waals surface area (Å²) in [6.45, 7) is 4.05. The van der Waals surface area contributed by atoms with Gasteiger partial charge in [-0.25, -0.2) is 4.99 Å². The lowest BCUT2D eigenvalue weighted by molar-refractivity contribution is 1.08. The molecular formula is C12H18ClN5. The van der Waals surface area contributed by atoms with Gasteiger partial charge < -0.3 is 17.2 Å². The Balaban J connectivity index is 3.37. The second kappa shape index (κ2) is 6.26. The van der Waals surface area contributed by atoms with Crippen molar-refractivity contribution in [2.24, 2.45) is 27.2 Å². The van der Waals surface area contributed by atoms with Crippen LogP contribution < -0.4 is 17.2 Å². The maximum Gasteiger partial charge on any atom is 0.223 e. The molecule has 0 aliphatic heterocycles. The molecule has 0 atom stereocenters. The van der Waals surface area contributed by atoms with Gasteiger partial charge in [-0.3, -0.25) is 0 Å².